The molecule has 0 spiro atoms. The maximum absolute atomic E-state index is 12.5. The van der Waals surface area contributed by atoms with Gasteiger partial charge in [-0.1, -0.05) is 50.1 Å². The number of unbranched alkanes of at least 4 members (excludes halogenated alkanes) is 2. The summed E-state index contributed by atoms with van der Waals surface area (Å²) >= 11 is 0. The number of nitrogens with one attached hydrogen (secondary N) is 1. The van der Waals surface area contributed by atoms with E-state index < -0.39 is 6.10 Å². The Hall–Kier alpha value is -3.28. The first-order chi connectivity index (χ1) is 15.1. The first kappa shape index (κ1) is 22.4. The van der Waals surface area contributed by atoms with Gasteiger partial charge in [0.15, 0.2) is 11.5 Å². The van der Waals surface area contributed by atoms with Gasteiger partial charge < -0.3 is 19.5 Å². The number of amides is 1. The minimum atomic E-state index is -0.468. The Morgan fingerprint density at radius 1 is 1.16 bits per heavy atom. The quantitative estimate of drug-likeness (QED) is 0.357. The van der Waals surface area contributed by atoms with E-state index in [-0.39, 0.29) is 24.9 Å². The lowest BCUT2D eigenvalue weighted by molar-refractivity contribution is -0.143. The summed E-state index contributed by atoms with van der Waals surface area (Å²) in [6.07, 6.45) is 7.60. The van der Waals surface area contributed by atoms with Crippen molar-refractivity contribution in [3.63, 3.8) is 0 Å². The van der Waals surface area contributed by atoms with Gasteiger partial charge in [-0.3, -0.25) is 9.59 Å². The zero-order valence-electron chi connectivity index (χ0n) is 18.1. The Bertz CT molecular complexity index is 920. The highest BCUT2D eigenvalue weighted by Gasteiger charge is 2.26. The average molecular weight is 424 g/mol. The summed E-state index contributed by atoms with van der Waals surface area (Å²) in [6, 6.07) is 13.5. The zero-order chi connectivity index (χ0) is 22.1. The molecule has 2 aromatic rings. The van der Waals surface area contributed by atoms with Crippen LogP contribution in [-0.4, -0.2) is 31.7 Å². The van der Waals surface area contributed by atoms with Crippen LogP contribution in [0.3, 0.4) is 0 Å². The van der Waals surface area contributed by atoms with Gasteiger partial charge in [0.1, 0.15) is 12.7 Å². The molecule has 1 atom stereocenters. The van der Waals surface area contributed by atoms with Crippen LogP contribution in [0.4, 0.5) is 5.69 Å². The fourth-order valence-corrected chi connectivity index (χ4v) is 3.32. The molecule has 0 aliphatic carbocycles. The van der Waals surface area contributed by atoms with E-state index in [2.05, 4.69) is 29.1 Å². The van der Waals surface area contributed by atoms with Crippen molar-refractivity contribution in [3.8, 4) is 11.5 Å². The molecule has 0 fully saturated rings. The van der Waals surface area contributed by atoms with Gasteiger partial charge in [0.05, 0.1) is 19.2 Å². The van der Waals surface area contributed by atoms with Gasteiger partial charge in [0.25, 0.3) is 0 Å². The number of esters is 1. The van der Waals surface area contributed by atoms with Crippen LogP contribution in [0, 0.1) is 0 Å². The van der Waals surface area contributed by atoms with Crippen LogP contribution >= 0.6 is 0 Å². The molecule has 6 heteroatoms. The predicted molar refractivity (Wildman–Crippen MR) is 120 cm³/mol. The molecule has 1 unspecified atom stereocenters. The highest BCUT2D eigenvalue weighted by molar-refractivity contribution is 6.03. The van der Waals surface area contributed by atoms with E-state index >= 15 is 0 Å². The van der Waals surface area contributed by atoms with E-state index in [0.29, 0.717) is 17.2 Å². The summed E-state index contributed by atoms with van der Waals surface area (Å²) in [4.78, 5) is 24.0. The second-order valence-electron chi connectivity index (χ2n) is 7.49. The lowest BCUT2D eigenvalue weighted by Gasteiger charge is -2.27. The molecule has 0 radical (unpaired) electrons. The van der Waals surface area contributed by atoms with E-state index in [1.54, 1.807) is 24.3 Å². The summed E-state index contributed by atoms with van der Waals surface area (Å²) in [6.45, 7) is 2.44. The van der Waals surface area contributed by atoms with E-state index in [0.717, 1.165) is 12.0 Å². The number of ether oxygens (including phenoxy) is 3. The summed E-state index contributed by atoms with van der Waals surface area (Å²) in [5, 5.41) is 2.83. The molecule has 0 aromatic heterocycles. The number of fused-ring (bicyclic) bond motifs is 1. The maximum atomic E-state index is 12.5. The monoisotopic (exact) mass is 423 g/mol. The standard InChI is InChI=1S/C25H29NO5/c1-3-4-5-7-18-10-12-19(13-11-18)14-15-23(27)26-21-8-6-9-22-25(21)31-20(17-30-22)16-24(28)29-2/h6,8-15,20H,3-5,7,16-17H2,1-2H3,(H,26,27)/b15-14+. The minimum Gasteiger partial charge on any atom is -0.486 e. The van der Waals surface area contributed by atoms with Gasteiger partial charge in [-0.15, -0.1) is 0 Å². The van der Waals surface area contributed by atoms with Crippen molar-refractivity contribution >= 4 is 23.6 Å². The van der Waals surface area contributed by atoms with Gasteiger partial charge in [0, 0.05) is 6.08 Å². The number of aryl methyl sites for hydroxylation is 1. The molecular weight excluding hydrogens is 394 g/mol. The second-order valence-corrected chi connectivity index (χ2v) is 7.49. The van der Waals surface area contributed by atoms with Crippen LogP contribution in [0.5, 0.6) is 11.5 Å². The van der Waals surface area contributed by atoms with E-state index in [9.17, 15) is 9.59 Å². The van der Waals surface area contributed by atoms with Gasteiger partial charge in [0.2, 0.25) is 5.91 Å². The lowest BCUT2D eigenvalue weighted by Crippen LogP contribution is -2.32. The van der Waals surface area contributed by atoms with E-state index in [4.69, 9.17) is 9.47 Å². The molecule has 31 heavy (non-hydrogen) atoms. The fourth-order valence-electron chi connectivity index (χ4n) is 3.32. The van der Waals surface area contributed by atoms with Gasteiger partial charge >= 0.3 is 5.97 Å². The van der Waals surface area contributed by atoms with Crippen molar-refractivity contribution in [3.05, 3.63) is 59.7 Å². The molecule has 0 saturated heterocycles. The second kappa shape index (κ2) is 11.2. The molecule has 164 valence electrons. The first-order valence-corrected chi connectivity index (χ1v) is 10.7. The van der Waals surface area contributed by atoms with Crippen LogP contribution in [0.1, 0.15) is 43.7 Å². The highest BCUT2D eigenvalue weighted by atomic mass is 16.6. The Labute approximate surface area is 183 Å². The maximum Gasteiger partial charge on any atom is 0.309 e. The number of para-hydroxylation sites is 1. The third kappa shape index (κ3) is 6.60. The SMILES string of the molecule is CCCCCc1ccc(/C=C/C(=O)Nc2cccc3c2OC(CC(=O)OC)CO3)cc1. The summed E-state index contributed by atoms with van der Waals surface area (Å²) < 4.78 is 16.3. The number of anilines is 1. The number of hydrogen-bond donors (Lipinski definition) is 1. The summed E-state index contributed by atoms with van der Waals surface area (Å²) in [5.41, 5.74) is 2.76. The molecule has 2 aromatic carbocycles. The van der Waals surface area contributed by atoms with Gasteiger partial charge in [-0.2, -0.15) is 0 Å². The number of methoxy groups -OCH3 is 1. The van der Waals surface area contributed by atoms with E-state index in [1.807, 2.05) is 12.1 Å². The molecule has 6 nitrogen and oxygen atoms in total. The van der Waals surface area contributed by atoms with Crippen molar-refractivity contribution in [1.29, 1.82) is 0 Å². The van der Waals surface area contributed by atoms with Crippen molar-refractivity contribution in [2.45, 2.75) is 45.1 Å². The first-order valence-electron chi connectivity index (χ1n) is 10.7. The Morgan fingerprint density at radius 3 is 2.71 bits per heavy atom. The Morgan fingerprint density at radius 2 is 1.97 bits per heavy atom. The summed E-state index contributed by atoms with van der Waals surface area (Å²) in [5.74, 6) is 0.291. The molecule has 0 saturated carbocycles. The van der Waals surface area contributed by atoms with Crippen LogP contribution in [-0.2, 0) is 20.7 Å². The number of hydrogen-bond acceptors (Lipinski definition) is 5. The number of rotatable bonds is 9. The fraction of sp³-hybridized carbons (Fsp3) is 0.360. The molecule has 1 heterocycles. The Kier molecular flexibility index (Phi) is 8.10. The van der Waals surface area contributed by atoms with Crippen LogP contribution in [0.25, 0.3) is 6.08 Å². The third-order valence-electron chi connectivity index (χ3n) is 5.04. The molecule has 3 rings (SSSR count). The van der Waals surface area contributed by atoms with Gasteiger partial charge in [-0.05, 0) is 42.2 Å². The van der Waals surface area contributed by atoms with Crippen LogP contribution in [0.2, 0.25) is 0 Å². The van der Waals surface area contributed by atoms with Gasteiger partial charge in [-0.25, -0.2) is 0 Å². The molecule has 1 N–H and O–H groups in total. The highest BCUT2D eigenvalue weighted by Crippen LogP contribution is 2.39. The van der Waals surface area contributed by atoms with Crippen molar-refractivity contribution in [1.82, 2.24) is 0 Å². The average Bonchev–Trinajstić information content (AvgIpc) is 2.79. The van der Waals surface area contributed by atoms with Crippen molar-refractivity contribution in [2.75, 3.05) is 19.0 Å². The summed E-state index contributed by atoms with van der Waals surface area (Å²) in [7, 11) is 1.33. The number of benzene rings is 2. The molecule has 1 aliphatic heterocycles. The third-order valence-corrected chi connectivity index (χ3v) is 5.04. The largest absolute Gasteiger partial charge is 0.486 e. The molecule has 0 bridgehead atoms. The van der Waals surface area contributed by atoms with Crippen molar-refractivity contribution in [2.24, 2.45) is 0 Å². The lowest BCUT2D eigenvalue weighted by atomic mass is 10.1. The van der Waals surface area contributed by atoms with Crippen LogP contribution in [0.15, 0.2) is 48.5 Å². The molecule has 1 aliphatic rings. The predicted octanol–water partition coefficient (Wildman–Crippen LogP) is 4.77. The van der Waals surface area contributed by atoms with Crippen molar-refractivity contribution < 1.29 is 23.8 Å². The Balaban J connectivity index is 1.60. The number of carbonyl (C=O) groups is 2. The topological polar surface area (TPSA) is 73.9 Å². The van der Waals surface area contributed by atoms with Crippen LogP contribution < -0.4 is 14.8 Å². The zero-order valence-corrected chi connectivity index (χ0v) is 18.1. The molecular formula is C25H29NO5. The smallest absolute Gasteiger partial charge is 0.309 e. The van der Waals surface area contributed by atoms with E-state index in [1.165, 1.54) is 38.0 Å². The number of carbonyl (C=O) groups excluding carboxylic acids is 2. The minimum absolute atomic E-state index is 0.0760. The molecule has 1 amide bonds. The normalized spacial score (nSPS) is 15.0.